The molecule has 1 atom stereocenters. The molecule has 1 aliphatic heterocycles. The van der Waals surface area contributed by atoms with Crippen LogP contribution in [0.1, 0.15) is 22.6 Å². The van der Waals surface area contributed by atoms with E-state index in [1.54, 1.807) is 4.90 Å². The van der Waals surface area contributed by atoms with E-state index < -0.39 is 0 Å². The zero-order chi connectivity index (χ0) is 16.6. The second kappa shape index (κ2) is 6.08. The van der Waals surface area contributed by atoms with Crippen LogP contribution in [0.15, 0.2) is 18.2 Å². The molecule has 6 nitrogen and oxygen atoms in total. The lowest BCUT2D eigenvalue weighted by atomic mass is 10.1. The van der Waals surface area contributed by atoms with E-state index in [9.17, 15) is 9.59 Å². The van der Waals surface area contributed by atoms with Crippen LogP contribution in [0.3, 0.4) is 0 Å². The van der Waals surface area contributed by atoms with Gasteiger partial charge < -0.3 is 10.2 Å². The van der Waals surface area contributed by atoms with E-state index in [0.717, 1.165) is 16.3 Å². The van der Waals surface area contributed by atoms with Gasteiger partial charge in [-0.15, -0.1) is 10.2 Å². The van der Waals surface area contributed by atoms with Crippen LogP contribution in [0.2, 0.25) is 0 Å². The molecular formula is C16H18N4O2S. The molecule has 0 radical (unpaired) electrons. The highest BCUT2D eigenvalue weighted by molar-refractivity contribution is 7.15. The Morgan fingerprint density at radius 2 is 2.04 bits per heavy atom. The fourth-order valence-corrected chi connectivity index (χ4v) is 3.18. The summed E-state index contributed by atoms with van der Waals surface area (Å²) in [5.41, 5.74) is 3.16. The number of nitrogens with one attached hydrogen (secondary N) is 1. The largest absolute Gasteiger partial charge is 0.312 e. The van der Waals surface area contributed by atoms with Crippen LogP contribution in [0.4, 0.5) is 10.8 Å². The molecule has 2 amide bonds. The number of carbonyl (C=O) groups excluding carboxylic acids is 2. The molecule has 1 aliphatic rings. The topological polar surface area (TPSA) is 75.2 Å². The number of hydrogen-bond acceptors (Lipinski definition) is 5. The monoisotopic (exact) mass is 330 g/mol. The molecule has 0 saturated carbocycles. The molecule has 0 bridgehead atoms. The van der Waals surface area contributed by atoms with Crippen molar-refractivity contribution in [2.24, 2.45) is 5.92 Å². The van der Waals surface area contributed by atoms with Crippen LogP contribution in [0.5, 0.6) is 0 Å². The van der Waals surface area contributed by atoms with Crippen LogP contribution in [0.25, 0.3) is 0 Å². The Hall–Kier alpha value is -2.28. The van der Waals surface area contributed by atoms with Gasteiger partial charge in [-0.2, -0.15) is 0 Å². The molecule has 120 valence electrons. The summed E-state index contributed by atoms with van der Waals surface area (Å²) in [6.45, 7) is 6.27. The molecule has 23 heavy (non-hydrogen) atoms. The van der Waals surface area contributed by atoms with Gasteiger partial charge in [0, 0.05) is 18.7 Å². The molecule has 0 aliphatic carbocycles. The van der Waals surface area contributed by atoms with Crippen molar-refractivity contribution in [1.82, 2.24) is 10.2 Å². The SMILES string of the molecule is Cc1nnc(NC(=O)[C@@H]2CC(=O)N(c3ccc(C)c(C)c3)C2)s1. The molecule has 3 rings (SSSR count). The molecule has 1 aromatic carbocycles. The maximum Gasteiger partial charge on any atom is 0.231 e. The van der Waals surface area contributed by atoms with E-state index in [1.165, 1.54) is 16.9 Å². The van der Waals surface area contributed by atoms with Gasteiger partial charge in [-0.25, -0.2) is 0 Å². The Bertz CT molecular complexity index is 771. The summed E-state index contributed by atoms with van der Waals surface area (Å²) in [6, 6.07) is 5.91. The average molecular weight is 330 g/mol. The summed E-state index contributed by atoms with van der Waals surface area (Å²) in [4.78, 5) is 26.3. The van der Waals surface area contributed by atoms with Crippen LogP contribution in [-0.2, 0) is 9.59 Å². The molecule has 1 fully saturated rings. The van der Waals surface area contributed by atoms with E-state index in [2.05, 4.69) is 15.5 Å². The molecular weight excluding hydrogens is 312 g/mol. The first-order valence-corrected chi connectivity index (χ1v) is 8.24. The summed E-state index contributed by atoms with van der Waals surface area (Å²) in [5.74, 6) is -0.573. The third kappa shape index (κ3) is 3.24. The summed E-state index contributed by atoms with van der Waals surface area (Å²) < 4.78 is 0. The standard InChI is InChI=1S/C16H18N4O2S/c1-9-4-5-13(6-10(9)2)20-8-12(7-14(20)21)15(22)17-16-19-18-11(3)23-16/h4-6,12H,7-8H2,1-3H3,(H,17,19,22)/t12-/m1/s1. The van der Waals surface area contributed by atoms with E-state index in [-0.39, 0.29) is 24.2 Å². The number of anilines is 2. The number of rotatable bonds is 3. The average Bonchev–Trinajstić information content (AvgIpc) is 3.08. The molecule has 7 heteroatoms. The van der Waals surface area contributed by atoms with Gasteiger partial charge in [-0.1, -0.05) is 17.4 Å². The quantitative estimate of drug-likeness (QED) is 0.938. The van der Waals surface area contributed by atoms with Crippen molar-refractivity contribution in [2.45, 2.75) is 27.2 Å². The van der Waals surface area contributed by atoms with E-state index >= 15 is 0 Å². The fraction of sp³-hybridized carbons (Fsp3) is 0.375. The Labute approximate surface area is 138 Å². The fourth-order valence-electron chi connectivity index (χ4n) is 2.58. The highest BCUT2D eigenvalue weighted by Gasteiger charge is 2.35. The third-order valence-corrected chi connectivity index (χ3v) is 4.81. The summed E-state index contributed by atoms with van der Waals surface area (Å²) in [7, 11) is 0. The summed E-state index contributed by atoms with van der Waals surface area (Å²) in [5, 5.41) is 11.8. The predicted molar refractivity (Wildman–Crippen MR) is 89.7 cm³/mol. The number of nitrogens with zero attached hydrogens (tertiary/aromatic N) is 3. The lowest BCUT2D eigenvalue weighted by Gasteiger charge is -2.17. The van der Waals surface area contributed by atoms with Gasteiger partial charge in [0.15, 0.2) is 0 Å². The van der Waals surface area contributed by atoms with Gasteiger partial charge in [-0.3, -0.25) is 9.59 Å². The Morgan fingerprint density at radius 1 is 1.26 bits per heavy atom. The first kappa shape index (κ1) is 15.6. The predicted octanol–water partition coefficient (Wildman–Crippen LogP) is 2.45. The van der Waals surface area contributed by atoms with Gasteiger partial charge in [0.1, 0.15) is 5.01 Å². The minimum atomic E-state index is -0.367. The van der Waals surface area contributed by atoms with Crippen LogP contribution < -0.4 is 10.2 Å². The zero-order valence-electron chi connectivity index (χ0n) is 13.3. The number of aryl methyl sites for hydroxylation is 3. The number of hydrogen-bond donors (Lipinski definition) is 1. The third-order valence-electron chi connectivity index (χ3n) is 4.05. The van der Waals surface area contributed by atoms with E-state index in [0.29, 0.717) is 11.7 Å². The summed E-state index contributed by atoms with van der Waals surface area (Å²) >= 11 is 1.32. The second-order valence-corrected chi connectivity index (χ2v) is 6.97. The molecule has 2 aromatic rings. The smallest absolute Gasteiger partial charge is 0.231 e. The number of aromatic nitrogens is 2. The first-order chi connectivity index (χ1) is 10.9. The Morgan fingerprint density at radius 3 is 2.70 bits per heavy atom. The van der Waals surface area contributed by atoms with Crippen LogP contribution in [-0.4, -0.2) is 28.6 Å². The minimum Gasteiger partial charge on any atom is -0.312 e. The molecule has 1 saturated heterocycles. The van der Waals surface area contributed by atoms with Crippen molar-refractivity contribution in [3.05, 3.63) is 34.3 Å². The molecule has 0 spiro atoms. The summed E-state index contributed by atoms with van der Waals surface area (Å²) in [6.07, 6.45) is 0.219. The minimum absolute atomic E-state index is 0.0261. The molecule has 1 N–H and O–H groups in total. The second-order valence-electron chi connectivity index (χ2n) is 5.79. The normalized spacial score (nSPS) is 17.6. The van der Waals surface area contributed by atoms with Crippen molar-refractivity contribution in [1.29, 1.82) is 0 Å². The van der Waals surface area contributed by atoms with Crippen molar-refractivity contribution in [2.75, 3.05) is 16.8 Å². The molecule has 2 heterocycles. The van der Waals surface area contributed by atoms with Gasteiger partial charge in [-0.05, 0) is 44.0 Å². The van der Waals surface area contributed by atoms with Crippen molar-refractivity contribution < 1.29 is 9.59 Å². The molecule has 0 unspecified atom stereocenters. The zero-order valence-corrected chi connectivity index (χ0v) is 14.1. The van der Waals surface area contributed by atoms with Gasteiger partial charge >= 0.3 is 0 Å². The number of amides is 2. The highest BCUT2D eigenvalue weighted by atomic mass is 32.1. The molecule has 1 aromatic heterocycles. The Balaban J connectivity index is 1.71. The van der Waals surface area contributed by atoms with Gasteiger partial charge in [0.05, 0.1) is 5.92 Å². The van der Waals surface area contributed by atoms with Gasteiger partial charge in [0.25, 0.3) is 0 Å². The maximum atomic E-state index is 12.3. The van der Waals surface area contributed by atoms with E-state index in [1.807, 2.05) is 39.0 Å². The first-order valence-electron chi connectivity index (χ1n) is 7.42. The maximum absolute atomic E-state index is 12.3. The van der Waals surface area contributed by atoms with Crippen molar-refractivity contribution >= 4 is 34.0 Å². The van der Waals surface area contributed by atoms with Crippen molar-refractivity contribution in [3.63, 3.8) is 0 Å². The van der Waals surface area contributed by atoms with Crippen molar-refractivity contribution in [3.8, 4) is 0 Å². The van der Waals surface area contributed by atoms with E-state index in [4.69, 9.17) is 0 Å². The lowest BCUT2D eigenvalue weighted by molar-refractivity contribution is -0.122. The highest BCUT2D eigenvalue weighted by Crippen LogP contribution is 2.27. The van der Waals surface area contributed by atoms with Gasteiger partial charge in [0.2, 0.25) is 16.9 Å². The Kier molecular flexibility index (Phi) is 4.12. The van der Waals surface area contributed by atoms with Crippen LogP contribution >= 0.6 is 11.3 Å². The lowest BCUT2D eigenvalue weighted by Crippen LogP contribution is -2.28. The number of benzene rings is 1. The number of carbonyl (C=O) groups is 2. The van der Waals surface area contributed by atoms with Crippen LogP contribution in [0, 0.1) is 26.7 Å².